The van der Waals surface area contributed by atoms with Gasteiger partial charge in [0.15, 0.2) is 5.96 Å². The van der Waals surface area contributed by atoms with Crippen molar-refractivity contribution >= 4 is 40.7 Å². The third-order valence-corrected chi connectivity index (χ3v) is 3.39. The van der Waals surface area contributed by atoms with E-state index in [9.17, 15) is 0 Å². The molecule has 0 saturated heterocycles. The predicted octanol–water partition coefficient (Wildman–Crippen LogP) is 2.55. The highest BCUT2D eigenvalue weighted by atomic mass is 32.2. The molecule has 5 N–H and O–H groups in total. The highest BCUT2D eigenvalue weighted by Crippen LogP contribution is 2.21. The Bertz CT molecular complexity index is 411. The SMILES string of the molecule is CCCCSc1ccc(NC(=S)N=C(N)N)cc1. The van der Waals surface area contributed by atoms with Crippen molar-refractivity contribution in [2.24, 2.45) is 16.5 Å². The summed E-state index contributed by atoms with van der Waals surface area (Å²) in [5.41, 5.74) is 11.4. The second kappa shape index (κ2) is 7.94. The molecule has 0 aliphatic rings. The number of guanidine groups is 1. The minimum Gasteiger partial charge on any atom is -0.370 e. The molecule has 0 unspecified atom stereocenters. The van der Waals surface area contributed by atoms with Gasteiger partial charge < -0.3 is 16.8 Å². The van der Waals surface area contributed by atoms with Crippen molar-refractivity contribution in [2.75, 3.05) is 11.1 Å². The van der Waals surface area contributed by atoms with Crippen LogP contribution in [-0.4, -0.2) is 16.8 Å². The highest BCUT2D eigenvalue weighted by Gasteiger charge is 1.98. The molecule has 0 saturated carbocycles. The number of nitrogens with two attached hydrogens (primary N) is 2. The summed E-state index contributed by atoms with van der Waals surface area (Å²) >= 11 is 6.82. The molecule has 98 valence electrons. The van der Waals surface area contributed by atoms with Crippen LogP contribution in [0.2, 0.25) is 0 Å². The lowest BCUT2D eigenvalue weighted by molar-refractivity contribution is 0.896. The van der Waals surface area contributed by atoms with Crippen LogP contribution in [0.1, 0.15) is 19.8 Å². The molecular formula is C12H18N4S2. The van der Waals surface area contributed by atoms with Gasteiger partial charge in [-0.3, -0.25) is 0 Å². The van der Waals surface area contributed by atoms with Crippen LogP contribution in [-0.2, 0) is 0 Å². The van der Waals surface area contributed by atoms with Crippen LogP contribution >= 0.6 is 24.0 Å². The average Bonchev–Trinajstić information content (AvgIpc) is 2.30. The van der Waals surface area contributed by atoms with Gasteiger partial charge in [-0.05, 0) is 48.7 Å². The number of thioether (sulfide) groups is 1. The molecule has 1 rings (SSSR count). The van der Waals surface area contributed by atoms with E-state index < -0.39 is 0 Å². The van der Waals surface area contributed by atoms with Crippen molar-refractivity contribution in [2.45, 2.75) is 24.7 Å². The van der Waals surface area contributed by atoms with Gasteiger partial charge in [0.05, 0.1) is 0 Å². The Morgan fingerprint density at radius 3 is 2.56 bits per heavy atom. The molecule has 1 aromatic carbocycles. The molecule has 0 amide bonds. The Morgan fingerprint density at radius 1 is 1.33 bits per heavy atom. The first kappa shape index (κ1) is 14.8. The van der Waals surface area contributed by atoms with Gasteiger partial charge in [0.2, 0.25) is 5.11 Å². The monoisotopic (exact) mass is 282 g/mol. The standard InChI is InChI=1S/C12H18N4S2/c1-2-3-8-18-10-6-4-9(5-7-10)15-12(17)16-11(13)14/h4-7H,2-3,8H2,1H3,(H5,13,14,15,16,17). The topological polar surface area (TPSA) is 76.4 Å². The van der Waals surface area contributed by atoms with E-state index in [-0.39, 0.29) is 11.1 Å². The van der Waals surface area contributed by atoms with Gasteiger partial charge >= 0.3 is 0 Å². The summed E-state index contributed by atoms with van der Waals surface area (Å²) in [5, 5.41) is 3.21. The molecule has 1 aromatic rings. The summed E-state index contributed by atoms with van der Waals surface area (Å²) in [7, 11) is 0. The smallest absolute Gasteiger partial charge is 0.200 e. The van der Waals surface area contributed by atoms with Crippen molar-refractivity contribution in [3.8, 4) is 0 Å². The van der Waals surface area contributed by atoms with E-state index in [4.69, 9.17) is 23.7 Å². The molecule has 0 aliphatic heterocycles. The van der Waals surface area contributed by atoms with Gasteiger partial charge in [-0.1, -0.05) is 13.3 Å². The molecule has 0 spiro atoms. The van der Waals surface area contributed by atoms with E-state index in [1.807, 2.05) is 23.9 Å². The highest BCUT2D eigenvalue weighted by molar-refractivity contribution is 7.99. The van der Waals surface area contributed by atoms with E-state index in [0.717, 1.165) is 11.4 Å². The lowest BCUT2D eigenvalue weighted by Gasteiger charge is -2.05. The lowest BCUT2D eigenvalue weighted by atomic mass is 10.3. The van der Waals surface area contributed by atoms with Crippen molar-refractivity contribution < 1.29 is 0 Å². The van der Waals surface area contributed by atoms with Gasteiger partial charge in [-0.15, -0.1) is 11.8 Å². The first-order valence-electron chi connectivity index (χ1n) is 5.75. The number of nitrogens with zero attached hydrogens (tertiary/aromatic N) is 1. The quantitative estimate of drug-likeness (QED) is 0.254. The fourth-order valence-corrected chi connectivity index (χ4v) is 2.46. The fraction of sp³-hybridized carbons (Fsp3) is 0.333. The Kier molecular flexibility index (Phi) is 6.53. The van der Waals surface area contributed by atoms with E-state index in [1.165, 1.54) is 17.7 Å². The summed E-state index contributed by atoms with van der Waals surface area (Å²) in [4.78, 5) is 4.99. The van der Waals surface area contributed by atoms with Crippen LogP contribution in [0, 0.1) is 0 Å². The summed E-state index contributed by atoms with van der Waals surface area (Å²) in [6.45, 7) is 2.19. The summed E-state index contributed by atoms with van der Waals surface area (Å²) < 4.78 is 0. The molecule has 6 heteroatoms. The molecule has 0 radical (unpaired) electrons. The van der Waals surface area contributed by atoms with Crippen LogP contribution in [0.25, 0.3) is 0 Å². The molecule has 0 aromatic heterocycles. The van der Waals surface area contributed by atoms with E-state index in [2.05, 4.69) is 29.4 Å². The second-order valence-corrected chi connectivity index (χ2v) is 5.25. The van der Waals surface area contributed by atoms with Crippen molar-refractivity contribution in [1.82, 2.24) is 0 Å². The molecule has 18 heavy (non-hydrogen) atoms. The van der Waals surface area contributed by atoms with Crippen LogP contribution in [0.4, 0.5) is 5.69 Å². The van der Waals surface area contributed by atoms with Crippen LogP contribution in [0.5, 0.6) is 0 Å². The second-order valence-electron chi connectivity index (χ2n) is 3.69. The maximum absolute atomic E-state index is 5.24. The Labute approximate surface area is 117 Å². The fourth-order valence-electron chi connectivity index (χ4n) is 1.24. The maximum Gasteiger partial charge on any atom is 0.200 e. The van der Waals surface area contributed by atoms with E-state index in [1.54, 1.807) is 0 Å². The zero-order valence-electron chi connectivity index (χ0n) is 10.3. The van der Waals surface area contributed by atoms with Crippen LogP contribution in [0.3, 0.4) is 0 Å². The summed E-state index contributed by atoms with van der Waals surface area (Å²) in [6.07, 6.45) is 2.46. The summed E-state index contributed by atoms with van der Waals surface area (Å²) in [5.74, 6) is 1.11. The number of thiocarbonyl (C=S) groups is 1. The van der Waals surface area contributed by atoms with Crippen LogP contribution < -0.4 is 16.8 Å². The largest absolute Gasteiger partial charge is 0.370 e. The molecule has 0 heterocycles. The van der Waals surface area contributed by atoms with Crippen molar-refractivity contribution in [3.05, 3.63) is 24.3 Å². The van der Waals surface area contributed by atoms with Crippen molar-refractivity contribution in [3.63, 3.8) is 0 Å². The maximum atomic E-state index is 5.24. The van der Waals surface area contributed by atoms with Crippen LogP contribution in [0.15, 0.2) is 34.2 Å². The third-order valence-electron chi connectivity index (χ3n) is 2.10. The Morgan fingerprint density at radius 2 is 2.00 bits per heavy atom. The number of hydrogen-bond donors (Lipinski definition) is 3. The van der Waals surface area contributed by atoms with Gasteiger partial charge in [-0.25, -0.2) is 0 Å². The molecule has 0 bridgehead atoms. The minimum absolute atomic E-state index is 0.0424. The predicted molar refractivity (Wildman–Crippen MR) is 84.1 cm³/mol. The average molecular weight is 282 g/mol. The normalized spacial score (nSPS) is 9.83. The van der Waals surface area contributed by atoms with E-state index >= 15 is 0 Å². The molecule has 0 aliphatic carbocycles. The summed E-state index contributed by atoms with van der Waals surface area (Å²) in [6, 6.07) is 8.03. The van der Waals surface area contributed by atoms with Gasteiger partial charge in [0.25, 0.3) is 0 Å². The zero-order valence-corrected chi connectivity index (χ0v) is 12.0. The third kappa shape index (κ3) is 5.88. The number of benzene rings is 1. The first-order valence-corrected chi connectivity index (χ1v) is 7.14. The molecule has 4 nitrogen and oxygen atoms in total. The number of aliphatic imine (C=N–C) groups is 1. The minimum atomic E-state index is -0.0424. The number of unbranched alkanes of at least 4 members (excludes halogenated alkanes) is 1. The van der Waals surface area contributed by atoms with Gasteiger partial charge in [0, 0.05) is 10.6 Å². The number of nitrogens with one attached hydrogen (secondary N) is 1. The first-order chi connectivity index (χ1) is 8.61. The van der Waals surface area contributed by atoms with Gasteiger partial charge in [0.1, 0.15) is 0 Å². The molecule has 0 fully saturated rings. The lowest BCUT2D eigenvalue weighted by Crippen LogP contribution is -2.25. The molecule has 0 atom stereocenters. The molecular weight excluding hydrogens is 264 g/mol. The Balaban J connectivity index is 2.50. The number of hydrogen-bond acceptors (Lipinski definition) is 2. The van der Waals surface area contributed by atoms with Crippen molar-refractivity contribution in [1.29, 1.82) is 0 Å². The number of anilines is 1. The Hall–Kier alpha value is -1.27. The number of rotatable bonds is 5. The zero-order chi connectivity index (χ0) is 13.4. The van der Waals surface area contributed by atoms with E-state index in [0.29, 0.717) is 0 Å². The van der Waals surface area contributed by atoms with Gasteiger partial charge in [-0.2, -0.15) is 4.99 Å².